The van der Waals surface area contributed by atoms with E-state index in [1.807, 2.05) is 28.8 Å². The molecular weight excluding hydrogens is 376 g/mol. The van der Waals surface area contributed by atoms with E-state index >= 15 is 0 Å². The number of hydrogen-bond acceptors (Lipinski definition) is 5. The van der Waals surface area contributed by atoms with Crippen LogP contribution >= 0.6 is 35.6 Å². The fourth-order valence-corrected chi connectivity index (χ4v) is 3.11. The second-order valence-corrected chi connectivity index (χ2v) is 7.62. The molecule has 0 unspecified atom stereocenters. The molecule has 2 aromatic rings. The lowest BCUT2D eigenvalue weighted by Gasteiger charge is -2.28. The molecule has 0 fully saturated rings. The minimum atomic E-state index is 0.228. The van der Waals surface area contributed by atoms with Gasteiger partial charge in [-0.15, -0.1) is 10.2 Å². The van der Waals surface area contributed by atoms with Crippen molar-refractivity contribution in [2.24, 2.45) is 0 Å². The number of benzene rings is 1. The van der Waals surface area contributed by atoms with E-state index in [9.17, 15) is 0 Å². The van der Waals surface area contributed by atoms with E-state index < -0.39 is 0 Å². The molecule has 25 heavy (non-hydrogen) atoms. The first-order chi connectivity index (χ1) is 12.0. The van der Waals surface area contributed by atoms with E-state index in [0.717, 1.165) is 24.3 Å². The summed E-state index contributed by atoms with van der Waals surface area (Å²) in [7, 11) is 0. The topological polar surface area (TPSA) is 54.2 Å². The zero-order valence-corrected chi connectivity index (χ0v) is 17.0. The zero-order valence-electron chi connectivity index (χ0n) is 14.7. The van der Waals surface area contributed by atoms with Gasteiger partial charge in [0, 0.05) is 23.2 Å². The Balaban J connectivity index is 2.00. The summed E-state index contributed by atoms with van der Waals surface area (Å²) < 4.78 is 5.79. The quantitative estimate of drug-likeness (QED) is 0.527. The van der Waals surface area contributed by atoms with Crippen molar-refractivity contribution in [1.29, 1.82) is 0 Å². The maximum atomic E-state index is 5.91. The van der Waals surface area contributed by atoms with Gasteiger partial charge in [-0.1, -0.05) is 11.6 Å². The molecule has 0 atom stereocenters. The molecule has 5 nitrogen and oxygen atoms in total. The Kier molecular flexibility index (Phi) is 7.99. The fraction of sp³-hybridized carbons (Fsp3) is 0.471. The Morgan fingerprint density at radius 1 is 1.32 bits per heavy atom. The lowest BCUT2D eigenvalue weighted by molar-refractivity contribution is 0.301. The molecule has 0 saturated carbocycles. The zero-order chi connectivity index (χ0) is 18.2. The standard InChI is InChI=1S/C17H23ClN4OS2/c1-12(2)22(17(24)19-9-4-10-25-3)11-15-20-21-16(23-15)13-5-7-14(18)8-6-13/h5-8,12H,4,9-11H2,1-3H3,(H,19,24). The average molecular weight is 399 g/mol. The molecular formula is C17H23ClN4OS2. The van der Waals surface area contributed by atoms with Gasteiger partial charge < -0.3 is 14.6 Å². The van der Waals surface area contributed by atoms with Gasteiger partial charge in [0.15, 0.2) is 5.11 Å². The van der Waals surface area contributed by atoms with Gasteiger partial charge in [0.2, 0.25) is 11.8 Å². The van der Waals surface area contributed by atoms with Gasteiger partial charge in [-0.2, -0.15) is 11.8 Å². The maximum Gasteiger partial charge on any atom is 0.247 e. The Morgan fingerprint density at radius 2 is 2.04 bits per heavy atom. The van der Waals surface area contributed by atoms with Crippen molar-refractivity contribution in [3.05, 3.63) is 35.2 Å². The lowest BCUT2D eigenvalue weighted by atomic mass is 10.2. The summed E-state index contributed by atoms with van der Waals surface area (Å²) in [5.41, 5.74) is 0.844. The molecule has 2 rings (SSSR count). The average Bonchev–Trinajstić information content (AvgIpc) is 3.05. The van der Waals surface area contributed by atoms with Crippen LogP contribution in [0, 0.1) is 0 Å². The van der Waals surface area contributed by atoms with E-state index in [2.05, 4.69) is 35.6 Å². The Labute approximate surface area is 163 Å². The van der Waals surface area contributed by atoms with E-state index in [0.29, 0.717) is 28.5 Å². The molecule has 0 bridgehead atoms. The van der Waals surface area contributed by atoms with E-state index in [1.165, 1.54) is 0 Å². The first kappa shape index (κ1) is 20.0. The van der Waals surface area contributed by atoms with Gasteiger partial charge in [0.1, 0.15) is 0 Å². The van der Waals surface area contributed by atoms with Gasteiger partial charge in [-0.25, -0.2) is 0 Å². The van der Waals surface area contributed by atoms with Gasteiger partial charge >= 0.3 is 0 Å². The first-order valence-electron chi connectivity index (χ1n) is 8.13. The van der Waals surface area contributed by atoms with Gasteiger partial charge in [-0.3, -0.25) is 0 Å². The van der Waals surface area contributed by atoms with Crippen LogP contribution in [0.25, 0.3) is 11.5 Å². The van der Waals surface area contributed by atoms with Crippen molar-refractivity contribution in [2.75, 3.05) is 18.6 Å². The lowest BCUT2D eigenvalue weighted by Crippen LogP contribution is -2.43. The van der Waals surface area contributed by atoms with Gasteiger partial charge in [-0.05, 0) is 68.8 Å². The Morgan fingerprint density at radius 3 is 2.68 bits per heavy atom. The predicted molar refractivity (Wildman–Crippen MR) is 109 cm³/mol. The summed E-state index contributed by atoms with van der Waals surface area (Å²) in [6.07, 6.45) is 3.18. The number of nitrogens with zero attached hydrogens (tertiary/aromatic N) is 3. The molecule has 1 N–H and O–H groups in total. The Bertz CT molecular complexity index is 676. The largest absolute Gasteiger partial charge is 0.419 e. The first-order valence-corrected chi connectivity index (χ1v) is 10.3. The number of nitrogens with one attached hydrogen (secondary N) is 1. The van der Waals surface area contributed by atoms with Crippen LogP contribution in [0.2, 0.25) is 5.02 Å². The summed E-state index contributed by atoms with van der Waals surface area (Å²) in [6.45, 7) is 5.52. The molecule has 1 heterocycles. The highest BCUT2D eigenvalue weighted by atomic mass is 35.5. The summed E-state index contributed by atoms with van der Waals surface area (Å²) in [4.78, 5) is 2.05. The smallest absolute Gasteiger partial charge is 0.247 e. The summed E-state index contributed by atoms with van der Waals surface area (Å²) in [5, 5.41) is 13.0. The second kappa shape index (κ2) is 9.99. The summed E-state index contributed by atoms with van der Waals surface area (Å²) >= 11 is 13.3. The van der Waals surface area contributed by atoms with Crippen LogP contribution in [0.3, 0.4) is 0 Å². The molecule has 8 heteroatoms. The van der Waals surface area contributed by atoms with E-state index in [4.69, 9.17) is 28.2 Å². The molecule has 0 aliphatic heterocycles. The predicted octanol–water partition coefficient (Wildman–Crippen LogP) is 4.23. The number of rotatable bonds is 8. The third kappa shape index (κ3) is 6.17. The Hall–Kier alpha value is -1.31. The molecule has 0 spiro atoms. The molecule has 1 aromatic heterocycles. The van der Waals surface area contributed by atoms with Crippen LogP contribution in [-0.4, -0.2) is 44.8 Å². The number of aromatic nitrogens is 2. The van der Waals surface area contributed by atoms with Crippen LogP contribution in [0.5, 0.6) is 0 Å². The van der Waals surface area contributed by atoms with Crippen LogP contribution in [0.1, 0.15) is 26.2 Å². The third-order valence-corrected chi connectivity index (χ3v) is 4.88. The van der Waals surface area contributed by atoms with Crippen LogP contribution in [0.15, 0.2) is 28.7 Å². The van der Waals surface area contributed by atoms with E-state index in [1.54, 1.807) is 12.1 Å². The van der Waals surface area contributed by atoms with Gasteiger partial charge in [0.05, 0.1) is 6.54 Å². The molecule has 136 valence electrons. The fourth-order valence-electron chi connectivity index (χ4n) is 2.17. The van der Waals surface area contributed by atoms with Crippen molar-refractivity contribution in [3.63, 3.8) is 0 Å². The minimum Gasteiger partial charge on any atom is -0.419 e. The second-order valence-electron chi connectivity index (χ2n) is 5.81. The summed E-state index contributed by atoms with van der Waals surface area (Å²) in [5.74, 6) is 2.13. The molecule has 0 aliphatic rings. The van der Waals surface area contributed by atoms with Crippen LogP contribution < -0.4 is 5.32 Å². The molecule has 0 radical (unpaired) electrons. The van der Waals surface area contributed by atoms with Gasteiger partial charge in [0.25, 0.3) is 0 Å². The van der Waals surface area contributed by atoms with Crippen molar-refractivity contribution in [3.8, 4) is 11.5 Å². The SMILES string of the molecule is CSCCCNC(=S)N(Cc1nnc(-c2ccc(Cl)cc2)o1)C(C)C. The number of hydrogen-bond donors (Lipinski definition) is 1. The van der Waals surface area contributed by atoms with Crippen LogP contribution in [0.4, 0.5) is 0 Å². The maximum absolute atomic E-state index is 5.91. The molecule has 0 saturated heterocycles. The third-order valence-electron chi connectivity index (χ3n) is 3.55. The normalized spacial score (nSPS) is 10.9. The van der Waals surface area contributed by atoms with Crippen molar-refractivity contribution >= 4 is 40.7 Å². The van der Waals surface area contributed by atoms with Crippen molar-refractivity contribution in [2.45, 2.75) is 32.9 Å². The molecule has 1 aromatic carbocycles. The highest BCUT2D eigenvalue weighted by Gasteiger charge is 2.18. The molecule has 0 aliphatic carbocycles. The number of halogens is 1. The monoisotopic (exact) mass is 398 g/mol. The number of thiocarbonyl (C=S) groups is 1. The van der Waals surface area contributed by atoms with Crippen molar-refractivity contribution < 1.29 is 4.42 Å². The minimum absolute atomic E-state index is 0.228. The number of thioether (sulfide) groups is 1. The van der Waals surface area contributed by atoms with Crippen molar-refractivity contribution in [1.82, 2.24) is 20.4 Å². The summed E-state index contributed by atoms with van der Waals surface area (Å²) in [6, 6.07) is 7.55. The van der Waals surface area contributed by atoms with E-state index in [-0.39, 0.29) is 6.04 Å². The van der Waals surface area contributed by atoms with Crippen LogP contribution in [-0.2, 0) is 6.54 Å². The highest BCUT2D eigenvalue weighted by molar-refractivity contribution is 7.98. The highest BCUT2D eigenvalue weighted by Crippen LogP contribution is 2.21. The molecule has 0 amide bonds.